The second kappa shape index (κ2) is 7.70. The first-order chi connectivity index (χ1) is 12.5. The molecule has 0 saturated carbocycles. The molecule has 3 rings (SSSR count). The third-order valence-electron chi connectivity index (χ3n) is 4.38. The van der Waals surface area contributed by atoms with E-state index in [1.54, 1.807) is 24.3 Å². The fourth-order valence-corrected chi connectivity index (χ4v) is 3.20. The number of hydrogen-bond acceptors (Lipinski definition) is 5. The van der Waals surface area contributed by atoms with Gasteiger partial charge in [0.15, 0.2) is 6.61 Å². The van der Waals surface area contributed by atoms with Gasteiger partial charge in [-0.3, -0.25) is 24.1 Å². The largest absolute Gasteiger partial charge is 0.454 e. The number of carbonyl (C=O) groups is 4. The molecule has 0 aromatic heterocycles. The Morgan fingerprint density at radius 2 is 1.65 bits per heavy atom. The number of nitrogens with zero attached hydrogens (tertiary/aromatic N) is 1. The number of fused-ring (bicyclic) bond motifs is 1. The van der Waals surface area contributed by atoms with E-state index in [0.717, 1.165) is 4.90 Å². The number of amides is 3. The first kappa shape index (κ1) is 18.1. The highest BCUT2D eigenvalue weighted by molar-refractivity contribution is 6.30. The summed E-state index contributed by atoms with van der Waals surface area (Å²) in [4.78, 5) is 49.2. The van der Waals surface area contributed by atoms with E-state index in [4.69, 9.17) is 16.3 Å². The second-order valence-electron chi connectivity index (χ2n) is 6.13. The number of esters is 1. The molecule has 0 unspecified atom stereocenters. The number of allylic oxidation sites excluding steroid dienone is 2. The maximum Gasteiger partial charge on any atom is 0.326 e. The van der Waals surface area contributed by atoms with Crippen LogP contribution in [0.4, 0.5) is 5.69 Å². The van der Waals surface area contributed by atoms with E-state index in [0.29, 0.717) is 23.6 Å². The molecule has 1 aliphatic carbocycles. The lowest BCUT2D eigenvalue weighted by Gasteiger charge is -2.14. The summed E-state index contributed by atoms with van der Waals surface area (Å²) in [6.07, 6.45) is 4.75. The van der Waals surface area contributed by atoms with Crippen LogP contribution >= 0.6 is 11.6 Å². The number of rotatable bonds is 5. The first-order valence-corrected chi connectivity index (χ1v) is 8.55. The number of hydrogen-bond donors (Lipinski definition) is 1. The molecule has 1 aromatic rings. The minimum absolute atomic E-state index is 0.355. The van der Waals surface area contributed by atoms with Crippen LogP contribution in [0.2, 0.25) is 5.02 Å². The topological polar surface area (TPSA) is 92.8 Å². The number of nitrogens with one attached hydrogen (secondary N) is 1. The summed E-state index contributed by atoms with van der Waals surface area (Å²) in [7, 11) is 0. The van der Waals surface area contributed by atoms with Gasteiger partial charge in [0.2, 0.25) is 11.8 Å². The molecule has 1 N–H and O–H groups in total. The lowest BCUT2D eigenvalue weighted by Crippen LogP contribution is -2.37. The van der Waals surface area contributed by atoms with E-state index in [9.17, 15) is 19.2 Å². The number of anilines is 1. The zero-order chi connectivity index (χ0) is 18.7. The highest BCUT2D eigenvalue weighted by Gasteiger charge is 2.47. The third kappa shape index (κ3) is 3.94. The quantitative estimate of drug-likeness (QED) is 0.480. The molecule has 2 aliphatic rings. The van der Waals surface area contributed by atoms with Crippen molar-refractivity contribution in [3.63, 3.8) is 0 Å². The molecule has 0 bridgehead atoms. The summed E-state index contributed by atoms with van der Waals surface area (Å²) in [6.45, 7) is -0.981. The van der Waals surface area contributed by atoms with E-state index >= 15 is 0 Å². The number of carbonyl (C=O) groups excluding carboxylic acids is 4. The Bertz CT molecular complexity index is 748. The van der Waals surface area contributed by atoms with Crippen molar-refractivity contribution in [2.75, 3.05) is 18.5 Å². The summed E-state index contributed by atoms with van der Waals surface area (Å²) < 4.78 is 4.87. The molecule has 1 heterocycles. The van der Waals surface area contributed by atoms with Gasteiger partial charge < -0.3 is 10.1 Å². The van der Waals surface area contributed by atoms with Gasteiger partial charge in [-0.15, -0.1) is 0 Å². The summed E-state index contributed by atoms with van der Waals surface area (Å²) >= 11 is 5.76. The standard InChI is InChI=1S/C18H17ClN2O5/c19-11-5-7-12(8-6-11)20-15(22)10-26-16(23)9-21-17(24)13-3-1-2-4-14(13)18(21)25/h1-2,5-8,13-14H,3-4,9-10H2,(H,20,22)/t13-,14+. The molecular formula is C18H17ClN2O5. The molecule has 1 aliphatic heterocycles. The number of imide groups is 1. The van der Waals surface area contributed by atoms with Gasteiger partial charge in [-0.25, -0.2) is 0 Å². The fourth-order valence-electron chi connectivity index (χ4n) is 3.08. The molecule has 0 spiro atoms. The van der Waals surface area contributed by atoms with Crippen molar-refractivity contribution in [3.8, 4) is 0 Å². The van der Waals surface area contributed by atoms with Gasteiger partial charge in [0.25, 0.3) is 5.91 Å². The third-order valence-corrected chi connectivity index (χ3v) is 4.63. The number of likely N-dealkylation sites (tertiary alicyclic amines) is 1. The van der Waals surface area contributed by atoms with E-state index in [1.807, 2.05) is 12.2 Å². The molecule has 7 nitrogen and oxygen atoms in total. The van der Waals surface area contributed by atoms with Crippen molar-refractivity contribution in [2.45, 2.75) is 12.8 Å². The van der Waals surface area contributed by atoms with Gasteiger partial charge in [0, 0.05) is 10.7 Å². The zero-order valence-corrected chi connectivity index (χ0v) is 14.6. The molecule has 1 saturated heterocycles. The van der Waals surface area contributed by atoms with Crippen LogP contribution in [-0.4, -0.2) is 41.7 Å². The average Bonchev–Trinajstić information content (AvgIpc) is 2.87. The smallest absolute Gasteiger partial charge is 0.326 e. The molecule has 136 valence electrons. The zero-order valence-electron chi connectivity index (χ0n) is 13.8. The molecule has 1 fully saturated rings. The Hall–Kier alpha value is -2.67. The van der Waals surface area contributed by atoms with E-state index in [1.165, 1.54) is 0 Å². The second-order valence-corrected chi connectivity index (χ2v) is 6.57. The normalized spacial score (nSPS) is 21.5. The van der Waals surface area contributed by atoms with E-state index < -0.39 is 36.9 Å². The van der Waals surface area contributed by atoms with E-state index in [-0.39, 0.29) is 11.8 Å². The lowest BCUT2D eigenvalue weighted by atomic mass is 9.85. The lowest BCUT2D eigenvalue weighted by molar-refractivity contribution is -0.154. The Morgan fingerprint density at radius 3 is 2.23 bits per heavy atom. The SMILES string of the molecule is O=C(COC(=O)CN1C(=O)[C@H]2CC=CC[C@H]2C1=O)Nc1ccc(Cl)cc1. The van der Waals surface area contributed by atoms with Gasteiger partial charge in [0.05, 0.1) is 11.8 Å². The molecule has 2 atom stereocenters. The van der Waals surface area contributed by atoms with Crippen LogP contribution < -0.4 is 5.32 Å². The van der Waals surface area contributed by atoms with Gasteiger partial charge in [-0.05, 0) is 37.1 Å². The fraction of sp³-hybridized carbons (Fsp3) is 0.333. The number of benzene rings is 1. The van der Waals surface area contributed by atoms with Crippen molar-refractivity contribution in [3.05, 3.63) is 41.4 Å². The minimum atomic E-state index is -0.801. The highest BCUT2D eigenvalue weighted by atomic mass is 35.5. The predicted molar refractivity (Wildman–Crippen MR) is 93.1 cm³/mol. The summed E-state index contributed by atoms with van der Waals surface area (Å²) in [5.74, 6) is -2.83. The average molecular weight is 377 g/mol. The Kier molecular flexibility index (Phi) is 5.37. The van der Waals surface area contributed by atoms with Gasteiger partial charge in [-0.1, -0.05) is 23.8 Å². The van der Waals surface area contributed by atoms with Gasteiger partial charge in [0.1, 0.15) is 6.54 Å². The molecule has 3 amide bonds. The first-order valence-electron chi connectivity index (χ1n) is 8.17. The van der Waals surface area contributed by atoms with Crippen LogP contribution in [0.1, 0.15) is 12.8 Å². The molecule has 1 aromatic carbocycles. The van der Waals surface area contributed by atoms with Gasteiger partial charge in [-0.2, -0.15) is 0 Å². The van der Waals surface area contributed by atoms with Crippen molar-refractivity contribution in [1.29, 1.82) is 0 Å². The molecule has 26 heavy (non-hydrogen) atoms. The van der Waals surface area contributed by atoms with Gasteiger partial charge >= 0.3 is 5.97 Å². The number of ether oxygens (including phenoxy) is 1. The van der Waals surface area contributed by atoms with Crippen molar-refractivity contribution >= 4 is 41.0 Å². The molecule has 0 radical (unpaired) electrons. The Labute approximate surface area is 154 Å². The van der Waals surface area contributed by atoms with Crippen molar-refractivity contribution in [2.24, 2.45) is 11.8 Å². The van der Waals surface area contributed by atoms with Crippen LogP contribution in [0.3, 0.4) is 0 Å². The van der Waals surface area contributed by atoms with Crippen LogP contribution in [-0.2, 0) is 23.9 Å². The monoisotopic (exact) mass is 376 g/mol. The minimum Gasteiger partial charge on any atom is -0.454 e. The summed E-state index contributed by atoms with van der Waals surface area (Å²) in [5, 5.41) is 3.08. The van der Waals surface area contributed by atoms with Crippen LogP contribution in [0.5, 0.6) is 0 Å². The van der Waals surface area contributed by atoms with Crippen molar-refractivity contribution in [1.82, 2.24) is 4.90 Å². The Balaban J connectivity index is 1.48. The molecular weight excluding hydrogens is 360 g/mol. The Morgan fingerprint density at radius 1 is 1.08 bits per heavy atom. The van der Waals surface area contributed by atoms with Crippen LogP contribution in [0, 0.1) is 11.8 Å². The maximum atomic E-state index is 12.3. The maximum absolute atomic E-state index is 12.3. The van der Waals surface area contributed by atoms with Crippen LogP contribution in [0.25, 0.3) is 0 Å². The highest BCUT2D eigenvalue weighted by Crippen LogP contribution is 2.34. The van der Waals surface area contributed by atoms with E-state index in [2.05, 4.69) is 5.32 Å². The summed E-state index contributed by atoms with van der Waals surface area (Å²) in [5.41, 5.74) is 0.511. The summed E-state index contributed by atoms with van der Waals surface area (Å²) in [6, 6.07) is 6.45. The van der Waals surface area contributed by atoms with Crippen LogP contribution in [0.15, 0.2) is 36.4 Å². The predicted octanol–water partition coefficient (Wildman–Crippen LogP) is 1.77. The van der Waals surface area contributed by atoms with Crippen molar-refractivity contribution < 1.29 is 23.9 Å². The number of halogens is 1. The molecule has 8 heteroatoms.